The summed E-state index contributed by atoms with van der Waals surface area (Å²) in [7, 11) is 0. The lowest BCUT2D eigenvalue weighted by Crippen LogP contribution is -2.20. The molecule has 1 aromatic heterocycles. The van der Waals surface area contributed by atoms with Gasteiger partial charge in [-0.15, -0.1) is 11.3 Å². The average Bonchev–Trinajstić information content (AvgIpc) is 3.03. The van der Waals surface area contributed by atoms with Gasteiger partial charge in [-0.3, -0.25) is 4.79 Å². The minimum absolute atomic E-state index is 0.0914. The van der Waals surface area contributed by atoms with Crippen LogP contribution < -0.4 is 5.32 Å². The number of rotatable bonds is 5. The predicted octanol–water partition coefficient (Wildman–Crippen LogP) is 4.58. The highest BCUT2D eigenvalue weighted by Gasteiger charge is 2.05. The van der Waals surface area contributed by atoms with Crippen LogP contribution >= 0.6 is 11.3 Å². The molecule has 0 unspecified atom stereocenters. The van der Waals surface area contributed by atoms with E-state index < -0.39 is 0 Å². The molecule has 24 heavy (non-hydrogen) atoms. The number of carbonyl (C=O) groups is 1. The maximum absolute atomic E-state index is 12.1. The largest absolute Gasteiger partial charge is 0.346 e. The molecule has 3 aromatic rings. The molecule has 0 spiro atoms. The third kappa shape index (κ3) is 3.89. The van der Waals surface area contributed by atoms with Crippen LogP contribution in [0.4, 0.5) is 0 Å². The number of aromatic nitrogens is 1. The number of nitrogens with one attached hydrogen (secondary N) is 1. The second kappa shape index (κ2) is 7.41. The summed E-state index contributed by atoms with van der Waals surface area (Å²) in [6.07, 6.45) is 2.67. The van der Waals surface area contributed by atoms with Crippen molar-refractivity contribution in [3.05, 3.63) is 70.7 Å². The number of carbonyl (C=O) groups excluding carboxylic acids is 1. The molecular formula is C20H20N2OS. The predicted molar refractivity (Wildman–Crippen MR) is 101 cm³/mol. The van der Waals surface area contributed by atoms with E-state index in [0.29, 0.717) is 6.54 Å². The fraction of sp³-hybridized carbons (Fsp3) is 0.200. The molecule has 122 valence electrons. The van der Waals surface area contributed by atoms with Crippen LogP contribution in [-0.2, 0) is 17.8 Å². The summed E-state index contributed by atoms with van der Waals surface area (Å²) in [5.41, 5.74) is 4.31. The first-order chi connectivity index (χ1) is 11.7. The molecule has 0 atom stereocenters. The van der Waals surface area contributed by atoms with Gasteiger partial charge in [0, 0.05) is 6.08 Å². The Morgan fingerprint density at radius 1 is 1.17 bits per heavy atom. The molecule has 1 heterocycles. The third-order valence-electron chi connectivity index (χ3n) is 3.92. The number of amides is 1. The molecule has 2 aromatic carbocycles. The van der Waals surface area contributed by atoms with Gasteiger partial charge < -0.3 is 5.32 Å². The molecule has 0 aliphatic heterocycles. The number of para-hydroxylation sites is 1. The van der Waals surface area contributed by atoms with Gasteiger partial charge in [0.15, 0.2) is 0 Å². The second-order valence-electron chi connectivity index (χ2n) is 5.67. The molecule has 3 rings (SSSR count). The highest BCUT2D eigenvalue weighted by atomic mass is 32.1. The molecule has 0 saturated carbocycles. The third-order valence-corrected chi connectivity index (χ3v) is 4.95. The van der Waals surface area contributed by atoms with Crippen LogP contribution in [0, 0.1) is 0 Å². The van der Waals surface area contributed by atoms with E-state index >= 15 is 0 Å². The van der Waals surface area contributed by atoms with Crippen molar-refractivity contribution < 1.29 is 4.79 Å². The Labute approximate surface area is 146 Å². The van der Waals surface area contributed by atoms with Gasteiger partial charge in [-0.25, -0.2) is 4.98 Å². The van der Waals surface area contributed by atoms with Crippen molar-refractivity contribution in [1.29, 1.82) is 0 Å². The molecule has 1 amide bonds. The number of thiazole rings is 1. The van der Waals surface area contributed by atoms with E-state index in [2.05, 4.69) is 41.5 Å². The van der Waals surface area contributed by atoms with E-state index in [-0.39, 0.29) is 5.91 Å². The molecule has 0 aliphatic rings. The van der Waals surface area contributed by atoms with Gasteiger partial charge in [0.1, 0.15) is 5.01 Å². The fourth-order valence-electron chi connectivity index (χ4n) is 2.49. The summed E-state index contributed by atoms with van der Waals surface area (Å²) in [5.74, 6) is -0.0914. The zero-order chi connectivity index (χ0) is 16.9. The van der Waals surface area contributed by atoms with E-state index in [1.165, 1.54) is 5.56 Å². The minimum Gasteiger partial charge on any atom is -0.346 e. The molecule has 0 radical (unpaired) electrons. The quantitative estimate of drug-likeness (QED) is 0.693. The molecule has 0 bridgehead atoms. The zero-order valence-electron chi connectivity index (χ0n) is 13.9. The molecule has 0 aliphatic carbocycles. The van der Waals surface area contributed by atoms with Gasteiger partial charge in [0.2, 0.25) is 5.91 Å². The van der Waals surface area contributed by atoms with E-state index in [1.54, 1.807) is 17.4 Å². The second-order valence-corrected chi connectivity index (χ2v) is 6.79. The first-order valence-corrected chi connectivity index (χ1v) is 8.87. The lowest BCUT2D eigenvalue weighted by Gasteiger charge is -2.04. The van der Waals surface area contributed by atoms with Crippen LogP contribution in [0.3, 0.4) is 0 Å². The van der Waals surface area contributed by atoms with Gasteiger partial charge >= 0.3 is 0 Å². The van der Waals surface area contributed by atoms with Crippen molar-refractivity contribution >= 4 is 33.0 Å². The number of fused-ring (bicyclic) bond motifs is 1. The summed E-state index contributed by atoms with van der Waals surface area (Å²) >= 11 is 1.61. The van der Waals surface area contributed by atoms with Crippen LogP contribution in [0.1, 0.15) is 30.0 Å². The number of aryl methyl sites for hydroxylation is 1. The fourth-order valence-corrected chi connectivity index (χ4v) is 3.40. The van der Waals surface area contributed by atoms with Crippen molar-refractivity contribution in [2.24, 2.45) is 0 Å². The molecule has 4 heteroatoms. The van der Waals surface area contributed by atoms with Crippen molar-refractivity contribution in [3.63, 3.8) is 0 Å². The average molecular weight is 336 g/mol. The zero-order valence-corrected chi connectivity index (χ0v) is 14.7. The summed E-state index contributed by atoms with van der Waals surface area (Å²) in [5, 5.41) is 3.84. The van der Waals surface area contributed by atoms with Crippen LogP contribution in [0.5, 0.6) is 0 Å². The summed E-state index contributed by atoms with van der Waals surface area (Å²) in [6.45, 7) is 4.54. The Morgan fingerprint density at radius 2 is 1.92 bits per heavy atom. The first-order valence-electron chi connectivity index (χ1n) is 8.05. The Kier molecular flexibility index (Phi) is 5.06. The Balaban J connectivity index is 1.63. The SMILES string of the molecule is CCc1ccc(/C(C)=C/C(=O)NCc2nc3ccccc3s2)cc1. The highest BCUT2D eigenvalue weighted by Crippen LogP contribution is 2.21. The van der Waals surface area contributed by atoms with Crippen molar-refractivity contribution in [1.82, 2.24) is 10.3 Å². The smallest absolute Gasteiger partial charge is 0.244 e. The maximum atomic E-state index is 12.1. The standard InChI is InChI=1S/C20H20N2OS/c1-3-15-8-10-16(11-9-15)14(2)12-19(23)21-13-20-22-17-6-4-5-7-18(17)24-20/h4-12H,3,13H2,1-2H3,(H,21,23)/b14-12+. The molecule has 3 nitrogen and oxygen atoms in total. The topological polar surface area (TPSA) is 42.0 Å². The number of hydrogen-bond acceptors (Lipinski definition) is 3. The van der Waals surface area contributed by atoms with Gasteiger partial charge in [0.25, 0.3) is 0 Å². The van der Waals surface area contributed by atoms with Gasteiger partial charge in [-0.1, -0.05) is 43.3 Å². The summed E-state index contributed by atoms with van der Waals surface area (Å²) < 4.78 is 1.14. The van der Waals surface area contributed by atoms with Crippen LogP contribution in [0.25, 0.3) is 15.8 Å². The highest BCUT2D eigenvalue weighted by molar-refractivity contribution is 7.18. The number of allylic oxidation sites excluding steroid dienone is 1. The van der Waals surface area contributed by atoms with E-state index in [9.17, 15) is 4.79 Å². The number of nitrogens with zero attached hydrogens (tertiary/aromatic N) is 1. The maximum Gasteiger partial charge on any atom is 0.244 e. The number of hydrogen-bond donors (Lipinski definition) is 1. The Hall–Kier alpha value is -2.46. The minimum atomic E-state index is -0.0914. The number of benzene rings is 2. The van der Waals surface area contributed by atoms with Crippen LogP contribution in [-0.4, -0.2) is 10.9 Å². The molecular weight excluding hydrogens is 316 g/mol. The van der Waals surface area contributed by atoms with Gasteiger partial charge in [-0.2, -0.15) is 0 Å². The van der Waals surface area contributed by atoms with Crippen LogP contribution in [0.15, 0.2) is 54.6 Å². The van der Waals surface area contributed by atoms with Crippen LogP contribution in [0.2, 0.25) is 0 Å². The molecule has 1 N–H and O–H groups in total. The van der Waals surface area contributed by atoms with Crippen molar-refractivity contribution in [2.45, 2.75) is 26.8 Å². The normalized spacial score (nSPS) is 11.7. The Bertz CT molecular complexity index is 845. The van der Waals surface area contributed by atoms with E-state index in [1.807, 2.05) is 31.2 Å². The van der Waals surface area contributed by atoms with Gasteiger partial charge in [0.05, 0.1) is 16.8 Å². The lowest BCUT2D eigenvalue weighted by molar-refractivity contribution is -0.116. The summed E-state index contributed by atoms with van der Waals surface area (Å²) in [4.78, 5) is 16.7. The first kappa shape index (κ1) is 16.4. The van der Waals surface area contributed by atoms with Crippen molar-refractivity contribution in [2.75, 3.05) is 0 Å². The lowest BCUT2D eigenvalue weighted by atomic mass is 10.0. The van der Waals surface area contributed by atoms with Crippen molar-refractivity contribution in [3.8, 4) is 0 Å². The Morgan fingerprint density at radius 3 is 2.62 bits per heavy atom. The molecule has 0 saturated heterocycles. The summed E-state index contributed by atoms with van der Waals surface area (Å²) in [6, 6.07) is 16.3. The monoisotopic (exact) mass is 336 g/mol. The van der Waals surface area contributed by atoms with Gasteiger partial charge in [-0.05, 0) is 42.2 Å². The molecule has 0 fully saturated rings. The van der Waals surface area contributed by atoms with E-state index in [0.717, 1.165) is 32.8 Å². The van der Waals surface area contributed by atoms with E-state index in [4.69, 9.17) is 0 Å².